The predicted octanol–water partition coefficient (Wildman–Crippen LogP) is 0.489. The summed E-state index contributed by atoms with van der Waals surface area (Å²) in [4.78, 5) is 11.3. The third-order valence-corrected chi connectivity index (χ3v) is 4.22. The third kappa shape index (κ3) is 4.02. The highest BCUT2D eigenvalue weighted by Crippen LogP contribution is 2.12. The zero-order chi connectivity index (χ0) is 14.5. The van der Waals surface area contributed by atoms with Gasteiger partial charge < -0.3 is 10.5 Å². The number of hydrogen-bond donors (Lipinski definition) is 2. The lowest BCUT2D eigenvalue weighted by atomic mass is 10.2. The van der Waals surface area contributed by atoms with Crippen molar-refractivity contribution in [2.24, 2.45) is 5.73 Å². The van der Waals surface area contributed by atoms with Gasteiger partial charge in [-0.1, -0.05) is 6.92 Å². The first-order valence-corrected chi connectivity index (χ1v) is 7.33. The first-order valence-electron chi connectivity index (χ1n) is 5.85. The summed E-state index contributed by atoms with van der Waals surface area (Å²) < 4.78 is 31.1. The van der Waals surface area contributed by atoms with Gasteiger partial charge in [0.25, 0.3) is 0 Å². The van der Waals surface area contributed by atoms with Crippen LogP contribution < -0.4 is 10.5 Å². The Morgan fingerprint density at radius 1 is 1.37 bits per heavy atom. The fourth-order valence-corrected chi connectivity index (χ4v) is 2.81. The summed E-state index contributed by atoms with van der Waals surface area (Å²) in [6.45, 7) is 2.08. The summed E-state index contributed by atoms with van der Waals surface area (Å²) in [6, 6.07) is 5.23. The van der Waals surface area contributed by atoms with Crippen LogP contribution in [0.1, 0.15) is 23.7 Å². The van der Waals surface area contributed by atoms with Crippen molar-refractivity contribution in [1.82, 2.24) is 4.72 Å². The summed E-state index contributed by atoms with van der Waals surface area (Å²) in [6.07, 6.45) is 0.607. The molecule has 1 rings (SSSR count). The zero-order valence-electron chi connectivity index (χ0n) is 10.9. The predicted molar refractivity (Wildman–Crippen MR) is 71.2 cm³/mol. The van der Waals surface area contributed by atoms with Crippen LogP contribution in [-0.2, 0) is 14.8 Å². The minimum absolute atomic E-state index is 0.0899. The van der Waals surface area contributed by atoms with Crippen LogP contribution in [0.25, 0.3) is 0 Å². The lowest BCUT2D eigenvalue weighted by Gasteiger charge is -2.14. The van der Waals surface area contributed by atoms with Crippen LogP contribution in [0, 0.1) is 0 Å². The monoisotopic (exact) mass is 286 g/mol. The molecule has 1 aromatic rings. The van der Waals surface area contributed by atoms with E-state index in [9.17, 15) is 13.2 Å². The second kappa shape index (κ2) is 6.65. The number of benzene rings is 1. The van der Waals surface area contributed by atoms with E-state index in [1.807, 2.05) is 6.92 Å². The van der Waals surface area contributed by atoms with Crippen molar-refractivity contribution in [1.29, 1.82) is 0 Å². The maximum absolute atomic E-state index is 12.0. The molecule has 0 radical (unpaired) electrons. The first kappa shape index (κ1) is 15.6. The van der Waals surface area contributed by atoms with Gasteiger partial charge in [0.2, 0.25) is 10.0 Å². The second-order valence-corrected chi connectivity index (χ2v) is 5.69. The van der Waals surface area contributed by atoms with Crippen LogP contribution in [0.4, 0.5) is 0 Å². The van der Waals surface area contributed by atoms with Gasteiger partial charge in [-0.3, -0.25) is 0 Å². The zero-order valence-corrected chi connectivity index (χ0v) is 11.7. The molecule has 7 heteroatoms. The van der Waals surface area contributed by atoms with Crippen molar-refractivity contribution in [2.45, 2.75) is 24.3 Å². The minimum atomic E-state index is -3.62. The Bertz CT molecular complexity index is 521. The molecule has 0 aliphatic heterocycles. The highest BCUT2D eigenvalue weighted by atomic mass is 32.2. The number of nitrogens with two attached hydrogens (primary N) is 1. The van der Waals surface area contributed by atoms with Crippen LogP contribution >= 0.6 is 0 Å². The molecule has 3 N–H and O–H groups in total. The van der Waals surface area contributed by atoms with Gasteiger partial charge in [0.1, 0.15) is 0 Å². The molecule has 0 bridgehead atoms. The Balaban J connectivity index is 2.93. The molecule has 0 saturated heterocycles. The first-order chi connectivity index (χ1) is 8.94. The fourth-order valence-electron chi connectivity index (χ4n) is 1.47. The highest BCUT2D eigenvalue weighted by molar-refractivity contribution is 7.89. The molecule has 6 nitrogen and oxygen atoms in total. The fraction of sp³-hybridized carbons (Fsp3) is 0.417. The molecular formula is C12H18N2O4S. The van der Waals surface area contributed by atoms with Crippen molar-refractivity contribution in [2.75, 3.05) is 13.7 Å². The molecule has 0 aliphatic carbocycles. The molecule has 106 valence electrons. The van der Waals surface area contributed by atoms with Crippen molar-refractivity contribution in [3.05, 3.63) is 29.8 Å². The molecule has 0 fully saturated rings. The third-order valence-electron chi connectivity index (χ3n) is 2.68. The van der Waals surface area contributed by atoms with E-state index in [0.29, 0.717) is 12.0 Å². The Morgan fingerprint density at radius 3 is 2.37 bits per heavy atom. The standard InChI is InChI=1S/C12H18N2O4S/c1-3-10(8-13)14-19(16,17)11-6-4-9(5-7-11)12(15)18-2/h4-7,10,14H,3,8,13H2,1-2H3. The van der Waals surface area contributed by atoms with E-state index in [1.165, 1.54) is 31.4 Å². The topological polar surface area (TPSA) is 98.5 Å². The molecule has 1 unspecified atom stereocenters. The lowest BCUT2D eigenvalue weighted by Crippen LogP contribution is -2.39. The van der Waals surface area contributed by atoms with Gasteiger partial charge in [-0.25, -0.2) is 17.9 Å². The van der Waals surface area contributed by atoms with Gasteiger partial charge in [0.05, 0.1) is 17.6 Å². The van der Waals surface area contributed by atoms with Crippen LogP contribution in [0.5, 0.6) is 0 Å². The van der Waals surface area contributed by atoms with Gasteiger partial charge in [-0.15, -0.1) is 0 Å². The highest BCUT2D eigenvalue weighted by Gasteiger charge is 2.18. The molecule has 0 amide bonds. The van der Waals surface area contributed by atoms with Crippen molar-refractivity contribution in [3.8, 4) is 0 Å². The number of rotatable bonds is 6. The number of carbonyl (C=O) groups excluding carboxylic acids is 1. The van der Waals surface area contributed by atoms with Crippen molar-refractivity contribution < 1.29 is 17.9 Å². The SMILES string of the molecule is CCC(CN)NS(=O)(=O)c1ccc(C(=O)OC)cc1. The number of hydrogen-bond acceptors (Lipinski definition) is 5. The number of methoxy groups -OCH3 is 1. The minimum Gasteiger partial charge on any atom is -0.465 e. The van der Waals surface area contributed by atoms with Crippen LogP contribution in [0.15, 0.2) is 29.2 Å². The number of nitrogens with one attached hydrogen (secondary N) is 1. The van der Waals surface area contributed by atoms with Crippen LogP contribution in [0.2, 0.25) is 0 Å². The van der Waals surface area contributed by atoms with E-state index < -0.39 is 16.0 Å². The Hall–Kier alpha value is -1.44. The molecular weight excluding hydrogens is 268 g/mol. The Labute approximate surface area is 113 Å². The Morgan fingerprint density at radius 2 is 1.95 bits per heavy atom. The van der Waals surface area contributed by atoms with Crippen LogP contribution in [-0.4, -0.2) is 34.1 Å². The van der Waals surface area contributed by atoms with E-state index in [-0.39, 0.29) is 17.5 Å². The molecule has 1 atom stereocenters. The molecule has 19 heavy (non-hydrogen) atoms. The van der Waals surface area contributed by atoms with Gasteiger partial charge >= 0.3 is 5.97 Å². The van der Waals surface area contributed by atoms with Crippen molar-refractivity contribution in [3.63, 3.8) is 0 Å². The molecule has 0 aliphatic rings. The summed E-state index contributed by atoms with van der Waals surface area (Å²) in [5.41, 5.74) is 5.76. The molecule has 0 heterocycles. The summed E-state index contributed by atoms with van der Waals surface area (Å²) in [5.74, 6) is -0.509. The number of esters is 1. The number of ether oxygens (including phenoxy) is 1. The molecule has 0 saturated carbocycles. The molecule has 0 spiro atoms. The van der Waals surface area contributed by atoms with E-state index in [1.54, 1.807) is 0 Å². The van der Waals surface area contributed by atoms with E-state index >= 15 is 0 Å². The van der Waals surface area contributed by atoms with Crippen molar-refractivity contribution >= 4 is 16.0 Å². The normalized spacial score (nSPS) is 13.0. The van der Waals surface area contributed by atoms with E-state index in [0.717, 1.165) is 0 Å². The van der Waals surface area contributed by atoms with Gasteiger partial charge in [-0.2, -0.15) is 0 Å². The summed E-state index contributed by atoms with van der Waals surface area (Å²) >= 11 is 0. The van der Waals surface area contributed by atoms with Gasteiger partial charge in [0, 0.05) is 12.6 Å². The number of sulfonamides is 1. The van der Waals surface area contributed by atoms with E-state index in [2.05, 4.69) is 9.46 Å². The lowest BCUT2D eigenvalue weighted by molar-refractivity contribution is 0.0600. The largest absolute Gasteiger partial charge is 0.465 e. The summed E-state index contributed by atoms with van der Waals surface area (Å²) in [5, 5.41) is 0. The quantitative estimate of drug-likeness (QED) is 0.741. The second-order valence-electron chi connectivity index (χ2n) is 3.98. The smallest absolute Gasteiger partial charge is 0.337 e. The maximum atomic E-state index is 12.0. The maximum Gasteiger partial charge on any atom is 0.337 e. The average molecular weight is 286 g/mol. The Kier molecular flexibility index (Phi) is 5.46. The van der Waals surface area contributed by atoms with E-state index in [4.69, 9.17) is 5.73 Å². The summed E-state index contributed by atoms with van der Waals surface area (Å²) in [7, 11) is -2.35. The molecule has 0 aromatic heterocycles. The average Bonchev–Trinajstić information content (AvgIpc) is 2.44. The molecule has 1 aromatic carbocycles. The van der Waals surface area contributed by atoms with Crippen LogP contribution in [0.3, 0.4) is 0 Å². The van der Waals surface area contributed by atoms with Gasteiger partial charge in [-0.05, 0) is 30.7 Å². The van der Waals surface area contributed by atoms with Gasteiger partial charge in [0.15, 0.2) is 0 Å². The number of carbonyl (C=O) groups is 1.